The van der Waals surface area contributed by atoms with E-state index in [2.05, 4.69) is 332 Å². The fraction of sp³-hybridized carbons (Fsp3) is 0.820. The Morgan fingerprint density at radius 1 is 0.397 bits per heavy atom. The summed E-state index contributed by atoms with van der Waals surface area (Å²) in [6, 6.07) is 0. The second-order valence-electron chi connectivity index (χ2n) is 46.0. The average Bonchev–Trinajstić information content (AvgIpc) is 0.661. The van der Waals surface area contributed by atoms with Gasteiger partial charge in [-0.25, -0.2) is 19.9 Å². The maximum Gasteiger partial charge on any atom is 1.00 e. The molecule has 3 saturated carbocycles. The Bertz CT molecular complexity index is 3940. The van der Waals surface area contributed by atoms with E-state index in [1.54, 1.807) is 13.8 Å². The third-order valence-electron chi connectivity index (χ3n) is 35.5. The number of anilines is 3. The van der Waals surface area contributed by atoms with Gasteiger partial charge in [-0.2, -0.15) is 9.97 Å². The summed E-state index contributed by atoms with van der Waals surface area (Å²) in [6.07, 6.45) is 0. The molecule has 0 spiro atoms. The molecule has 0 saturated heterocycles. The number of primary amides is 3. The molecule has 9 atom stereocenters. The number of hydrogen-bond donors (Lipinski definition) is 10. The number of aromatic nitrogens is 6. The van der Waals surface area contributed by atoms with Crippen molar-refractivity contribution in [2.45, 2.75) is 371 Å². The first-order valence-corrected chi connectivity index (χ1v) is 41.2. The standard InChI is InChI=1S/C38H71N5O2.C25H43ClN4O2.C19H39NO.C6H5Cl2N3O.CH2O3.2K.H/c1-23-24(25(39)44)26(41-27(40-23)43-38(29(5,6)7,30(8,9)10)31(11,12)13)42-36(21)33(16,17)32(14,15)35(20,28(2,3)4)37(22,45)34(36,18)19;1-14-15(16(27)31)17(29-18(26)28-14)30-24(12)21(7,8)20(5,6)23(11,19(2,3)4)25(13,32)22(24,9)10;1-13(2,3)17(10)14(4,5)15(6,7)18(11,20)16(8,9)19(17,12)21;1-2-3(5(9)12)4(7)11-6(8)10-2;2-1-4-3;;;/h45H,1-22H3,(H2,39,44)(H2,40,41,42,43);32H,1-13H3,(H2,27,31)(H,28,29,30);21H,20H2,1-12H3;1H3,(H2,9,12);1,3H;;;/q;;;;;2*+1;-1/p-1. The van der Waals surface area contributed by atoms with Crippen LogP contribution in [-0.4, -0.2) is 108 Å². The van der Waals surface area contributed by atoms with Crippen LogP contribution in [0.1, 0.15) is 361 Å². The maximum absolute atomic E-state index is 13.1. The number of carbonyl (C=O) groups excluding carboxylic acids is 4. The largest absolute Gasteiger partial charge is 1.00 e. The molecule has 0 aromatic carbocycles. The molecule has 3 aliphatic carbocycles. The quantitative estimate of drug-likeness (QED) is 0.0225. The summed E-state index contributed by atoms with van der Waals surface area (Å²) in [6.45, 7) is 104. The first kappa shape index (κ1) is 114. The molecule has 27 heteroatoms. The second kappa shape index (κ2) is 34.3. The van der Waals surface area contributed by atoms with E-state index in [1.165, 1.54) is 0 Å². The van der Waals surface area contributed by atoms with Gasteiger partial charge < -0.3 is 65.8 Å². The first-order valence-electron chi connectivity index (χ1n) is 40.1. The van der Waals surface area contributed by atoms with Gasteiger partial charge >= 0.3 is 103 Å². The minimum Gasteiger partial charge on any atom is -1.00 e. The Kier molecular flexibility index (Phi) is 33.9. The van der Waals surface area contributed by atoms with Crippen LogP contribution in [0, 0.1) is 118 Å². The number of nitrogens with one attached hydrogen (secondary N) is 3. The van der Waals surface area contributed by atoms with Crippen molar-refractivity contribution in [1.82, 2.24) is 29.9 Å². The van der Waals surface area contributed by atoms with Gasteiger partial charge in [-0.3, -0.25) is 19.2 Å². The van der Waals surface area contributed by atoms with Gasteiger partial charge in [0.2, 0.25) is 16.5 Å². The van der Waals surface area contributed by atoms with Gasteiger partial charge in [-0.05, 0) is 150 Å². The molecule has 3 aromatic heterocycles. The Labute approximate surface area is 803 Å². The van der Waals surface area contributed by atoms with Crippen molar-refractivity contribution in [3.05, 3.63) is 49.5 Å². The van der Waals surface area contributed by atoms with Gasteiger partial charge in [-0.15, -0.1) is 0 Å². The van der Waals surface area contributed by atoms with Crippen LogP contribution in [0.3, 0.4) is 0 Å². The molecule has 3 heterocycles. The van der Waals surface area contributed by atoms with Crippen LogP contribution in [0.4, 0.5) is 17.6 Å². The number of hydrogen-bond acceptors (Lipinski definition) is 19. The van der Waals surface area contributed by atoms with Crippen LogP contribution in [-0.2, 0) is 9.68 Å². The smallest absolute Gasteiger partial charge is 1.00 e. The Hall–Kier alpha value is -1.54. The molecule has 3 amide bonds. The van der Waals surface area contributed by atoms with Gasteiger partial charge in [0.15, 0.2) is 0 Å². The van der Waals surface area contributed by atoms with E-state index in [-0.39, 0.29) is 197 Å². The molecule has 3 aliphatic rings. The van der Waals surface area contributed by atoms with Crippen molar-refractivity contribution in [3.63, 3.8) is 0 Å². The van der Waals surface area contributed by atoms with Gasteiger partial charge in [0, 0.05) is 49.1 Å². The number of aryl methyl sites for hydroxylation is 3. The summed E-state index contributed by atoms with van der Waals surface area (Å²) < 4.78 is 0. The molecule has 0 radical (unpaired) electrons. The van der Waals surface area contributed by atoms with E-state index < -0.39 is 100 Å². The average molecular weight is 1740 g/mol. The summed E-state index contributed by atoms with van der Waals surface area (Å²) in [5.41, 5.74) is 14.0. The molecule has 6 rings (SSSR count). The van der Waals surface area contributed by atoms with Crippen molar-refractivity contribution >= 4 is 76.6 Å². The van der Waals surface area contributed by atoms with Gasteiger partial charge in [-0.1, -0.05) is 282 Å². The zero-order chi connectivity index (χ0) is 91.9. The topological polar surface area (TPSA) is 379 Å². The second-order valence-corrected chi connectivity index (χ2v) is 47.0. The SMILES string of the molecule is CC(C)(C)C1(C)C(C)(C)C(C)(C)C(C)(N)C(C)(C)C1(C)O.Cc1nc(Cl)nc(Cl)c1C(N)=O.Cc1nc(Cl)nc(NC2(C)C(C)(C)C(C)(C)C(C)(C(C)(C)C)C(C)(O)C2(C)C)c1C(N)=O.Cc1nc(NC(C(C)(C)C)(C(C)(C)C)C(C)(C)C)nc(NC2(C)C(C)(C)C(C)(C)C(C)(C(C)(C)C)C(C)(O)C2(C)C)c1C(N)=O.O=CO[O-].[H-].[K+].[K+]. The summed E-state index contributed by atoms with van der Waals surface area (Å²) in [5, 5.41) is 56.8. The summed E-state index contributed by atoms with van der Waals surface area (Å²) in [7, 11) is 0. The maximum atomic E-state index is 13.1. The van der Waals surface area contributed by atoms with E-state index in [0.717, 1.165) is 0 Å². The normalized spacial score (nSPS) is 29.9. The monoisotopic (exact) mass is 1740 g/mol. The predicted octanol–water partition coefficient (Wildman–Crippen LogP) is 13.2. The molecule has 9 unspecified atom stereocenters. The molecule has 116 heavy (non-hydrogen) atoms. The van der Waals surface area contributed by atoms with E-state index in [0.29, 0.717) is 34.7 Å². The Balaban J connectivity index is 0. The van der Waals surface area contributed by atoms with Gasteiger partial charge in [0.25, 0.3) is 24.2 Å². The predicted molar refractivity (Wildman–Crippen MR) is 469 cm³/mol. The molecular weight excluding hydrogens is 1580 g/mol. The molecule has 0 aliphatic heterocycles. The molecule has 658 valence electrons. The van der Waals surface area contributed by atoms with E-state index in [1.807, 2.05) is 27.7 Å². The number of halogens is 3. The van der Waals surface area contributed by atoms with Crippen molar-refractivity contribution in [1.29, 1.82) is 0 Å². The number of aliphatic hydroxyl groups is 3. The van der Waals surface area contributed by atoms with Crippen molar-refractivity contribution < 1.29 is 149 Å². The van der Waals surface area contributed by atoms with Crippen LogP contribution in [0.5, 0.6) is 0 Å². The van der Waals surface area contributed by atoms with Gasteiger partial charge in [0.05, 0.1) is 45.0 Å². The minimum atomic E-state index is -1.14. The van der Waals surface area contributed by atoms with E-state index >= 15 is 0 Å². The minimum absolute atomic E-state index is 0. The third-order valence-corrected chi connectivity index (χ3v) is 36.1. The number of amides is 3. The molecule has 3 fully saturated rings. The van der Waals surface area contributed by atoms with E-state index in [9.17, 15) is 29.7 Å². The van der Waals surface area contributed by atoms with Crippen LogP contribution in [0.2, 0.25) is 15.7 Å². The van der Waals surface area contributed by atoms with Gasteiger partial charge in [0.1, 0.15) is 27.9 Å². The van der Waals surface area contributed by atoms with Crippen LogP contribution in [0.25, 0.3) is 0 Å². The van der Waals surface area contributed by atoms with Crippen LogP contribution >= 0.6 is 34.8 Å². The summed E-state index contributed by atoms with van der Waals surface area (Å²) in [5.74, 6) is -0.741. The zero-order valence-electron chi connectivity index (χ0n) is 83.0. The number of nitrogens with two attached hydrogens (primary N) is 4. The van der Waals surface area contributed by atoms with Crippen molar-refractivity contribution in [3.8, 4) is 0 Å². The van der Waals surface area contributed by atoms with Crippen molar-refractivity contribution in [2.24, 2.45) is 120 Å². The van der Waals surface area contributed by atoms with Crippen LogP contribution in [0.15, 0.2) is 0 Å². The van der Waals surface area contributed by atoms with E-state index in [4.69, 9.17) is 77.8 Å². The number of nitrogens with zero attached hydrogens (tertiary/aromatic N) is 6. The Morgan fingerprint density at radius 2 is 0.638 bits per heavy atom. The zero-order valence-corrected chi connectivity index (χ0v) is 90.5. The fourth-order valence-corrected chi connectivity index (χ4v) is 25.0. The molecule has 22 nitrogen and oxygen atoms in total. The Morgan fingerprint density at radius 3 is 0.888 bits per heavy atom. The molecule has 3 aromatic rings. The van der Waals surface area contributed by atoms with Crippen molar-refractivity contribution in [2.75, 3.05) is 16.0 Å². The third kappa shape index (κ3) is 16.6. The molecular formula is C89H160Cl3K2N13O9. The number of rotatable bonds is 10. The van der Waals surface area contributed by atoms with Crippen LogP contribution < -0.4 is 147 Å². The fourth-order valence-electron chi connectivity index (χ4n) is 24.2. The number of carbonyl (C=O) groups is 4. The first-order chi connectivity index (χ1) is 49.5. The molecule has 14 N–H and O–H groups in total. The molecule has 0 bridgehead atoms. The summed E-state index contributed by atoms with van der Waals surface area (Å²) in [4.78, 5) is 73.2. The summed E-state index contributed by atoms with van der Waals surface area (Å²) >= 11 is 17.2.